The summed E-state index contributed by atoms with van der Waals surface area (Å²) in [6, 6.07) is 14.9. The quantitative estimate of drug-likeness (QED) is 0.767. The van der Waals surface area contributed by atoms with Gasteiger partial charge in [0.05, 0.1) is 0 Å². The molecule has 0 aliphatic carbocycles. The van der Waals surface area contributed by atoms with Crippen LogP contribution in [0.5, 0.6) is 0 Å². The van der Waals surface area contributed by atoms with Crippen LogP contribution in [0.1, 0.15) is 5.56 Å². The summed E-state index contributed by atoms with van der Waals surface area (Å²) in [5.41, 5.74) is 2.54. The summed E-state index contributed by atoms with van der Waals surface area (Å²) in [5, 5.41) is 2.59. The minimum atomic E-state index is 0.978. The molecule has 2 aromatic carbocycles. The van der Waals surface area contributed by atoms with Gasteiger partial charge in [-0.05, 0) is 34.2 Å². The molecule has 0 aromatic heterocycles. The Labute approximate surface area is 114 Å². The monoisotopic (exact) mass is 247 g/mol. The minimum absolute atomic E-state index is 0.978. The Bertz CT molecular complexity index is 672. The van der Waals surface area contributed by atoms with Crippen LogP contribution >= 0.6 is 0 Å². The number of likely N-dealkylation sites (N-methyl/N-ethyl adjacent to an activating group) is 1. The molecule has 3 rings (SSSR count). The number of hydrogen-bond donors (Lipinski definition) is 0. The summed E-state index contributed by atoms with van der Waals surface area (Å²) >= 11 is 0. The number of hydrogen-bond acceptors (Lipinski definition) is 1. The zero-order chi connectivity index (χ0) is 13.1. The Hall–Kier alpha value is -2.28. The summed E-state index contributed by atoms with van der Waals surface area (Å²) < 4.78 is 0. The van der Waals surface area contributed by atoms with Crippen LogP contribution in [-0.2, 0) is 0 Å². The average Bonchev–Trinajstić information content (AvgIpc) is 2.47. The van der Waals surface area contributed by atoms with E-state index in [2.05, 4.69) is 84.9 Å². The summed E-state index contributed by atoms with van der Waals surface area (Å²) in [6.07, 6.45) is 10.9. The summed E-state index contributed by atoms with van der Waals surface area (Å²) in [6.45, 7) is 0.978. The third-order valence-electron chi connectivity index (χ3n) is 3.42. The van der Waals surface area contributed by atoms with E-state index in [1.165, 1.54) is 21.9 Å². The maximum atomic E-state index is 2.24. The van der Waals surface area contributed by atoms with Crippen molar-refractivity contribution >= 4 is 16.8 Å². The standard InChI is InChI=1S/C18H17N/c1-19-13-11-15(12-14-19)9-10-17-7-4-6-16-5-2-3-8-18(16)17/h2-13H,14H2,1H3. The first-order valence-electron chi connectivity index (χ1n) is 6.57. The van der Waals surface area contributed by atoms with Crippen molar-refractivity contribution in [3.8, 4) is 0 Å². The highest BCUT2D eigenvalue weighted by atomic mass is 15.1. The fourth-order valence-corrected chi connectivity index (χ4v) is 2.30. The van der Waals surface area contributed by atoms with E-state index in [0.717, 1.165) is 6.54 Å². The minimum Gasteiger partial charge on any atom is -0.377 e. The van der Waals surface area contributed by atoms with Crippen molar-refractivity contribution in [2.75, 3.05) is 13.6 Å². The van der Waals surface area contributed by atoms with Gasteiger partial charge in [-0.15, -0.1) is 0 Å². The topological polar surface area (TPSA) is 3.24 Å². The van der Waals surface area contributed by atoms with Gasteiger partial charge in [0.2, 0.25) is 0 Å². The second-order valence-electron chi connectivity index (χ2n) is 4.86. The van der Waals surface area contributed by atoms with Crippen LogP contribution in [0, 0.1) is 0 Å². The third-order valence-corrected chi connectivity index (χ3v) is 3.42. The van der Waals surface area contributed by atoms with Crippen molar-refractivity contribution in [1.82, 2.24) is 4.90 Å². The van der Waals surface area contributed by atoms with Gasteiger partial charge < -0.3 is 4.90 Å². The molecular formula is C18H17N. The van der Waals surface area contributed by atoms with Crippen molar-refractivity contribution < 1.29 is 0 Å². The lowest BCUT2D eigenvalue weighted by Crippen LogP contribution is -2.12. The summed E-state index contributed by atoms with van der Waals surface area (Å²) in [4.78, 5) is 2.16. The van der Waals surface area contributed by atoms with Gasteiger partial charge in [0.1, 0.15) is 0 Å². The number of fused-ring (bicyclic) bond motifs is 1. The lowest BCUT2D eigenvalue weighted by molar-refractivity contribution is 0.503. The van der Waals surface area contributed by atoms with E-state index in [-0.39, 0.29) is 0 Å². The zero-order valence-corrected chi connectivity index (χ0v) is 11.1. The number of nitrogens with zero attached hydrogens (tertiary/aromatic N) is 1. The fourth-order valence-electron chi connectivity index (χ4n) is 2.30. The molecule has 0 unspecified atom stereocenters. The van der Waals surface area contributed by atoms with Crippen LogP contribution in [0.15, 0.2) is 72.5 Å². The second-order valence-corrected chi connectivity index (χ2v) is 4.86. The number of rotatable bonds is 2. The first kappa shape index (κ1) is 11.8. The van der Waals surface area contributed by atoms with Gasteiger partial charge in [0.25, 0.3) is 0 Å². The number of allylic oxidation sites excluding steroid dienone is 3. The van der Waals surface area contributed by atoms with Crippen molar-refractivity contribution in [2.45, 2.75) is 0 Å². The van der Waals surface area contributed by atoms with Gasteiger partial charge in [0, 0.05) is 13.6 Å². The summed E-state index contributed by atoms with van der Waals surface area (Å²) in [7, 11) is 2.08. The molecule has 2 aromatic rings. The van der Waals surface area contributed by atoms with Crippen molar-refractivity contribution in [1.29, 1.82) is 0 Å². The molecule has 0 atom stereocenters. The normalized spacial score (nSPS) is 15.2. The van der Waals surface area contributed by atoms with Crippen LogP contribution < -0.4 is 0 Å². The largest absolute Gasteiger partial charge is 0.377 e. The highest BCUT2D eigenvalue weighted by Crippen LogP contribution is 2.20. The highest BCUT2D eigenvalue weighted by molar-refractivity contribution is 5.90. The lowest BCUT2D eigenvalue weighted by Gasteiger charge is -2.15. The van der Waals surface area contributed by atoms with Crippen LogP contribution in [0.4, 0.5) is 0 Å². The second kappa shape index (κ2) is 5.15. The summed E-state index contributed by atoms with van der Waals surface area (Å²) in [5.74, 6) is 0. The molecule has 0 N–H and O–H groups in total. The van der Waals surface area contributed by atoms with Crippen molar-refractivity contribution in [3.63, 3.8) is 0 Å². The predicted molar refractivity (Wildman–Crippen MR) is 82.8 cm³/mol. The molecule has 1 aliphatic rings. The number of benzene rings is 2. The van der Waals surface area contributed by atoms with E-state index >= 15 is 0 Å². The van der Waals surface area contributed by atoms with Crippen LogP contribution in [0.2, 0.25) is 0 Å². The maximum Gasteiger partial charge on any atom is 0.0359 e. The molecule has 94 valence electrons. The van der Waals surface area contributed by atoms with E-state index < -0.39 is 0 Å². The van der Waals surface area contributed by atoms with E-state index in [0.29, 0.717) is 0 Å². The molecule has 0 saturated heterocycles. The SMILES string of the molecule is CN1C=CC(C=Cc2cccc3ccccc23)=CC1. The average molecular weight is 247 g/mol. The molecular weight excluding hydrogens is 230 g/mol. The maximum absolute atomic E-state index is 2.24. The Balaban J connectivity index is 1.92. The third kappa shape index (κ3) is 2.60. The predicted octanol–water partition coefficient (Wildman–Crippen LogP) is 4.24. The smallest absolute Gasteiger partial charge is 0.0359 e. The molecule has 0 fully saturated rings. The van der Waals surface area contributed by atoms with Crippen LogP contribution in [0.3, 0.4) is 0 Å². The zero-order valence-electron chi connectivity index (χ0n) is 11.1. The van der Waals surface area contributed by atoms with Gasteiger partial charge in [0.15, 0.2) is 0 Å². The van der Waals surface area contributed by atoms with E-state index in [9.17, 15) is 0 Å². The van der Waals surface area contributed by atoms with Gasteiger partial charge in [-0.25, -0.2) is 0 Å². The Morgan fingerprint density at radius 1 is 1.00 bits per heavy atom. The molecule has 1 nitrogen and oxygen atoms in total. The molecule has 0 bridgehead atoms. The molecule has 0 amide bonds. The molecule has 0 radical (unpaired) electrons. The first-order chi connectivity index (χ1) is 9.33. The Morgan fingerprint density at radius 2 is 1.84 bits per heavy atom. The lowest BCUT2D eigenvalue weighted by atomic mass is 10.0. The van der Waals surface area contributed by atoms with E-state index in [4.69, 9.17) is 0 Å². The van der Waals surface area contributed by atoms with Crippen molar-refractivity contribution in [2.24, 2.45) is 0 Å². The molecule has 0 saturated carbocycles. The molecule has 1 heterocycles. The van der Waals surface area contributed by atoms with Gasteiger partial charge in [-0.1, -0.05) is 60.7 Å². The van der Waals surface area contributed by atoms with Gasteiger partial charge in [-0.3, -0.25) is 0 Å². The van der Waals surface area contributed by atoms with Gasteiger partial charge >= 0.3 is 0 Å². The Morgan fingerprint density at radius 3 is 2.68 bits per heavy atom. The Kier molecular flexibility index (Phi) is 3.20. The van der Waals surface area contributed by atoms with Crippen LogP contribution in [-0.4, -0.2) is 18.5 Å². The first-order valence-corrected chi connectivity index (χ1v) is 6.57. The van der Waals surface area contributed by atoms with E-state index in [1.807, 2.05) is 0 Å². The molecule has 0 spiro atoms. The van der Waals surface area contributed by atoms with Crippen LogP contribution in [0.25, 0.3) is 16.8 Å². The molecule has 1 aliphatic heterocycles. The molecule has 19 heavy (non-hydrogen) atoms. The molecule has 1 heteroatoms. The van der Waals surface area contributed by atoms with E-state index in [1.54, 1.807) is 0 Å². The highest BCUT2D eigenvalue weighted by Gasteiger charge is 1.99. The van der Waals surface area contributed by atoms with Crippen molar-refractivity contribution in [3.05, 3.63) is 78.0 Å². The fraction of sp³-hybridized carbons (Fsp3) is 0.111. The van der Waals surface area contributed by atoms with Gasteiger partial charge in [-0.2, -0.15) is 0 Å².